The lowest BCUT2D eigenvalue weighted by molar-refractivity contribution is 0.0470. The molecule has 19 heavy (non-hydrogen) atoms. The Morgan fingerprint density at radius 2 is 1.84 bits per heavy atom. The Labute approximate surface area is 127 Å². The molecule has 0 unspecified atom stereocenters. The highest BCUT2D eigenvalue weighted by molar-refractivity contribution is 9.11. The minimum Gasteiger partial charge on any atom is -0.506 e. The van der Waals surface area contributed by atoms with Gasteiger partial charge in [-0.05, 0) is 40.2 Å². The molecule has 1 N–H and O–H groups in total. The van der Waals surface area contributed by atoms with Gasteiger partial charge in [-0.25, -0.2) is 4.79 Å². The number of benzene rings is 2. The quantitative estimate of drug-likeness (QED) is 0.802. The molecule has 0 spiro atoms. The topological polar surface area (TPSA) is 46.5 Å². The maximum absolute atomic E-state index is 11.8. The fourth-order valence-electron chi connectivity index (χ4n) is 1.53. The minimum atomic E-state index is -0.420. The van der Waals surface area contributed by atoms with Crippen molar-refractivity contribution >= 4 is 37.8 Å². The number of aromatic hydroxyl groups is 1. The van der Waals surface area contributed by atoms with Crippen molar-refractivity contribution in [3.8, 4) is 5.75 Å². The van der Waals surface area contributed by atoms with E-state index in [2.05, 4.69) is 31.9 Å². The number of hydrogen-bond donors (Lipinski definition) is 1. The van der Waals surface area contributed by atoms with Gasteiger partial charge in [0.25, 0.3) is 0 Å². The molecule has 0 aliphatic carbocycles. The Morgan fingerprint density at radius 3 is 2.53 bits per heavy atom. The van der Waals surface area contributed by atoms with Crippen LogP contribution in [0.2, 0.25) is 0 Å². The van der Waals surface area contributed by atoms with Gasteiger partial charge in [-0.1, -0.05) is 34.1 Å². The monoisotopic (exact) mass is 384 g/mol. The molecule has 0 atom stereocenters. The van der Waals surface area contributed by atoms with E-state index in [1.807, 2.05) is 6.07 Å². The van der Waals surface area contributed by atoms with Crippen LogP contribution < -0.4 is 0 Å². The molecule has 0 bridgehead atoms. The van der Waals surface area contributed by atoms with Gasteiger partial charge in [-0.15, -0.1) is 0 Å². The van der Waals surface area contributed by atoms with Gasteiger partial charge in [0.15, 0.2) is 0 Å². The second-order valence-electron chi connectivity index (χ2n) is 3.84. The summed E-state index contributed by atoms with van der Waals surface area (Å²) >= 11 is 6.55. The molecule has 0 saturated carbocycles. The van der Waals surface area contributed by atoms with E-state index < -0.39 is 5.97 Å². The molecule has 2 rings (SSSR count). The number of carbonyl (C=O) groups is 1. The van der Waals surface area contributed by atoms with Gasteiger partial charge >= 0.3 is 5.97 Å². The molecule has 0 aliphatic rings. The van der Waals surface area contributed by atoms with E-state index >= 15 is 0 Å². The zero-order chi connectivity index (χ0) is 13.8. The van der Waals surface area contributed by atoms with Gasteiger partial charge in [0.05, 0.1) is 10.0 Å². The summed E-state index contributed by atoms with van der Waals surface area (Å²) in [5.41, 5.74) is 1.02. The summed E-state index contributed by atoms with van der Waals surface area (Å²) in [4.78, 5) is 11.8. The van der Waals surface area contributed by atoms with Gasteiger partial charge in [-0.3, -0.25) is 0 Å². The molecule has 2 aromatic carbocycles. The fraction of sp³-hybridized carbons (Fsp3) is 0.0714. The first kappa shape index (κ1) is 14.1. The summed E-state index contributed by atoms with van der Waals surface area (Å²) in [7, 11) is 0. The lowest BCUT2D eigenvalue weighted by Gasteiger charge is -2.08. The zero-order valence-electron chi connectivity index (χ0n) is 9.77. The number of carbonyl (C=O) groups excluding carboxylic acids is 1. The third-order valence-corrected chi connectivity index (χ3v) is 3.54. The maximum Gasteiger partial charge on any atom is 0.338 e. The molecule has 3 nitrogen and oxygen atoms in total. The first-order valence-electron chi connectivity index (χ1n) is 5.47. The van der Waals surface area contributed by atoms with Crippen LogP contribution in [0.15, 0.2) is 51.4 Å². The average molecular weight is 386 g/mol. The summed E-state index contributed by atoms with van der Waals surface area (Å²) in [6, 6.07) is 12.1. The largest absolute Gasteiger partial charge is 0.506 e. The Balaban J connectivity index is 2.09. The van der Waals surface area contributed by atoms with Crippen molar-refractivity contribution in [3.05, 3.63) is 62.5 Å². The summed E-state index contributed by atoms with van der Waals surface area (Å²) in [5.74, 6) is -0.347. The number of rotatable bonds is 3. The number of halogens is 2. The molecular formula is C14H10Br2O3. The number of ether oxygens (including phenoxy) is 1. The Bertz CT molecular complexity index is 597. The van der Waals surface area contributed by atoms with E-state index in [0.29, 0.717) is 15.6 Å². The molecule has 0 aliphatic heterocycles. The molecule has 0 fully saturated rings. The fourth-order valence-corrected chi connectivity index (χ4v) is 2.84. The maximum atomic E-state index is 11.8. The Kier molecular flexibility index (Phi) is 4.61. The molecule has 5 heteroatoms. The molecule has 2 aromatic rings. The first-order valence-corrected chi connectivity index (χ1v) is 7.05. The third kappa shape index (κ3) is 3.58. The van der Waals surface area contributed by atoms with Crippen LogP contribution in [-0.4, -0.2) is 11.1 Å². The average Bonchev–Trinajstić information content (AvgIpc) is 2.41. The van der Waals surface area contributed by atoms with Gasteiger partial charge in [0, 0.05) is 10.0 Å². The highest BCUT2D eigenvalue weighted by Gasteiger charge is 2.11. The lowest BCUT2D eigenvalue weighted by Crippen LogP contribution is -2.05. The zero-order valence-corrected chi connectivity index (χ0v) is 12.9. The van der Waals surface area contributed by atoms with Crippen LogP contribution in [0.25, 0.3) is 0 Å². The van der Waals surface area contributed by atoms with Crippen LogP contribution in [0.4, 0.5) is 0 Å². The van der Waals surface area contributed by atoms with Crippen molar-refractivity contribution in [2.24, 2.45) is 0 Å². The van der Waals surface area contributed by atoms with Crippen LogP contribution in [0, 0.1) is 0 Å². The highest BCUT2D eigenvalue weighted by atomic mass is 79.9. The molecule has 98 valence electrons. The summed E-state index contributed by atoms with van der Waals surface area (Å²) in [6.45, 7) is 0.0115. The van der Waals surface area contributed by atoms with Crippen LogP contribution in [-0.2, 0) is 11.3 Å². The van der Waals surface area contributed by atoms with Crippen molar-refractivity contribution in [1.29, 1.82) is 0 Å². The summed E-state index contributed by atoms with van der Waals surface area (Å²) < 4.78 is 6.51. The van der Waals surface area contributed by atoms with E-state index in [9.17, 15) is 9.90 Å². The van der Waals surface area contributed by atoms with Crippen molar-refractivity contribution < 1.29 is 14.6 Å². The van der Waals surface area contributed by atoms with Crippen LogP contribution in [0.1, 0.15) is 15.9 Å². The first-order chi connectivity index (χ1) is 9.08. The van der Waals surface area contributed by atoms with Crippen LogP contribution in [0.5, 0.6) is 5.75 Å². The standard InChI is InChI=1S/C14H10Br2O3/c15-11-6-10(13(17)12(16)7-11)8-19-14(18)9-4-2-1-3-5-9/h1-7,17H,8H2. The van der Waals surface area contributed by atoms with Crippen molar-refractivity contribution in [2.75, 3.05) is 0 Å². The van der Waals surface area contributed by atoms with Crippen molar-refractivity contribution in [3.63, 3.8) is 0 Å². The Morgan fingerprint density at radius 1 is 1.16 bits per heavy atom. The Hall–Kier alpha value is -1.33. The number of phenols is 1. The highest BCUT2D eigenvalue weighted by Crippen LogP contribution is 2.32. The molecule has 0 amide bonds. The molecule has 0 saturated heterocycles. The lowest BCUT2D eigenvalue weighted by atomic mass is 10.2. The predicted molar refractivity (Wildman–Crippen MR) is 79.1 cm³/mol. The second kappa shape index (κ2) is 6.21. The van der Waals surface area contributed by atoms with E-state index in [4.69, 9.17) is 4.74 Å². The second-order valence-corrected chi connectivity index (χ2v) is 5.61. The van der Waals surface area contributed by atoms with Gasteiger partial charge in [0.1, 0.15) is 12.4 Å². The summed E-state index contributed by atoms with van der Waals surface area (Å²) in [6.07, 6.45) is 0. The van der Waals surface area contributed by atoms with Crippen LogP contribution in [0.3, 0.4) is 0 Å². The molecule has 0 aromatic heterocycles. The van der Waals surface area contributed by atoms with E-state index in [1.54, 1.807) is 36.4 Å². The predicted octanol–water partition coefficient (Wildman–Crippen LogP) is 4.27. The number of phenolic OH excluding ortho intramolecular Hbond substituents is 1. The van der Waals surface area contributed by atoms with Gasteiger partial charge < -0.3 is 9.84 Å². The molecular weight excluding hydrogens is 376 g/mol. The normalized spacial score (nSPS) is 10.2. The number of esters is 1. The van der Waals surface area contributed by atoms with Crippen molar-refractivity contribution in [1.82, 2.24) is 0 Å². The summed E-state index contributed by atoms with van der Waals surface area (Å²) in [5, 5.41) is 9.85. The number of hydrogen-bond acceptors (Lipinski definition) is 3. The van der Waals surface area contributed by atoms with Gasteiger partial charge in [-0.2, -0.15) is 0 Å². The SMILES string of the molecule is O=C(OCc1cc(Br)cc(Br)c1O)c1ccccc1. The minimum absolute atomic E-state index is 0.0115. The third-order valence-electron chi connectivity index (χ3n) is 2.48. The molecule has 0 radical (unpaired) electrons. The van der Waals surface area contributed by atoms with E-state index in [1.165, 1.54) is 0 Å². The van der Waals surface area contributed by atoms with Crippen molar-refractivity contribution in [2.45, 2.75) is 6.61 Å². The van der Waals surface area contributed by atoms with E-state index in [-0.39, 0.29) is 12.4 Å². The van der Waals surface area contributed by atoms with Crippen LogP contribution >= 0.6 is 31.9 Å². The molecule has 0 heterocycles. The van der Waals surface area contributed by atoms with E-state index in [0.717, 1.165) is 4.47 Å². The smallest absolute Gasteiger partial charge is 0.338 e. The van der Waals surface area contributed by atoms with Gasteiger partial charge in [0.2, 0.25) is 0 Å².